The summed E-state index contributed by atoms with van der Waals surface area (Å²) in [7, 11) is 0. The molecule has 5 unspecified atom stereocenters. The van der Waals surface area contributed by atoms with Crippen molar-refractivity contribution in [2.24, 2.45) is 27.9 Å². The smallest absolute Gasteiger partial charge is 0.326 e. The summed E-state index contributed by atoms with van der Waals surface area (Å²) in [6.07, 6.45) is -1.63. The largest absolute Gasteiger partial charge is 0.508 e. The van der Waals surface area contributed by atoms with Crippen LogP contribution in [0.1, 0.15) is 38.2 Å². The molecule has 1 aromatic carbocycles. The number of amides is 4. The van der Waals surface area contributed by atoms with E-state index in [9.17, 15) is 39.3 Å². The summed E-state index contributed by atoms with van der Waals surface area (Å²) in [6, 6.07) is 0.310. The number of carbonyl (C=O) groups is 5. The molecule has 0 radical (unpaired) electrons. The number of aliphatic hydroxyl groups is 1. The Kier molecular flexibility index (Phi) is 13.9. The van der Waals surface area contributed by atoms with Gasteiger partial charge < -0.3 is 54.2 Å². The van der Waals surface area contributed by atoms with Gasteiger partial charge in [0.25, 0.3) is 0 Å². The number of carbonyl (C=O) groups excluding carboxylic acids is 4. The number of guanidine groups is 1. The van der Waals surface area contributed by atoms with Gasteiger partial charge in [-0.2, -0.15) is 0 Å². The van der Waals surface area contributed by atoms with Gasteiger partial charge in [-0.05, 0) is 43.9 Å². The van der Waals surface area contributed by atoms with Crippen LogP contribution in [-0.4, -0.2) is 87.7 Å². The summed E-state index contributed by atoms with van der Waals surface area (Å²) in [6.45, 7) is 1.33. The van der Waals surface area contributed by atoms with Crippen molar-refractivity contribution in [3.05, 3.63) is 29.8 Å². The number of aliphatic imine (C=N–C) groups is 1. The zero-order valence-electron chi connectivity index (χ0n) is 22.1. The van der Waals surface area contributed by atoms with Crippen molar-refractivity contribution in [3.63, 3.8) is 0 Å². The van der Waals surface area contributed by atoms with Gasteiger partial charge in [-0.3, -0.25) is 24.2 Å². The van der Waals surface area contributed by atoms with Gasteiger partial charge in [-0.25, -0.2) is 4.79 Å². The Morgan fingerprint density at radius 3 is 2.02 bits per heavy atom. The average molecular weight is 567 g/mol. The van der Waals surface area contributed by atoms with E-state index in [0.717, 1.165) is 0 Å². The van der Waals surface area contributed by atoms with Crippen LogP contribution in [0.25, 0.3) is 0 Å². The van der Waals surface area contributed by atoms with Gasteiger partial charge in [0.1, 0.15) is 23.9 Å². The Morgan fingerprint density at radius 2 is 1.50 bits per heavy atom. The number of nitrogens with zero attached hydrogens (tertiary/aromatic N) is 1. The van der Waals surface area contributed by atoms with E-state index < -0.39 is 59.9 Å². The number of carboxylic acid groups (broad SMARTS) is 1. The van der Waals surface area contributed by atoms with Crippen molar-refractivity contribution in [1.29, 1.82) is 0 Å². The lowest BCUT2D eigenvalue weighted by atomic mass is 10.0. The lowest BCUT2D eigenvalue weighted by molar-refractivity contribution is -0.142. The molecule has 4 amide bonds. The number of phenols is 1. The normalized spacial score (nSPS) is 14.5. The number of phenolic OH excluding ortho intramolecular Hbond substituents is 1. The molecule has 0 aliphatic heterocycles. The Labute approximate surface area is 230 Å². The van der Waals surface area contributed by atoms with Crippen LogP contribution in [0, 0.1) is 0 Å². The third-order valence-corrected chi connectivity index (χ3v) is 5.67. The van der Waals surface area contributed by atoms with E-state index in [2.05, 4.69) is 20.9 Å². The predicted molar refractivity (Wildman–Crippen MR) is 143 cm³/mol. The molecule has 1 rings (SSSR count). The van der Waals surface area contributed by atoms with Crippen molar-refractivity contribution in [2.45, 2.75) is 69.3 Å². The summed E-state index contributed by atoms with van der Waals surface area (Å²) in [5.41, 5.74) is 21.9. The van der Waals surface area contributed by atoms with Crippen LogP contribution >= 0.6 is 0 Å². The number of primary amides is 1. The van der Waals surface area contributed by atoms with Crippen molar-refractivity contribution >= 4 is 35.6 Å². The fourth-order valence-electron chi connectivity index (χ4n) is 3.47. The van der Waals surface area contributed by atoms with E-state index in [-0.39, 0.29) is 50.4 Å². The molecule has 16 heteroatoms. The molecule has 1 aromatic rings. The molecule has 0 saturated carbocycles. The maximum absolute atomic E-state index is 13.1. The number of nitrogens with two attached hydrogens (primary N) is 4. The summed E-state index contributed by atoms with van der Waals surface area (Å²) < 4.78 is 0. The monoisotopic (exact) mass is 566 g/mol. The van der Waals surface area contributed by atoms with E-state index in [4.69, 9.17) is 22.9 Å². The molecular weight excluding hydrogens is 528 g/mol. The molecule has 0 spiro atoms. The standard InChI is InChI=1S/C24H38N8O8/c1-12(33)19(32-20(36)15(25)8-9-18(26)35)22(38)30-16(3-2-10-29-24(27)28)21(37)31-17(23(39)40)11-13-4-6-14(34)7-5-13/h4-7,12,15-17,19,33-34H,2-3,8-11,25H2,1H3,(H2,26,35)(H,30,38)(H,31,37)(H,32,36)(H,39,40)(H4,27,28,29). The Balaban J connectivity index is 3.04. The highest BCUT2D eigenvalue weighted by molar-refractivity contribution is 5.94. The van der Waals surface area contributed by atoms with Crippen LogP contribution in [-0.2, 0) is 30.4 Å². The third-order valence-electron chi connectivity index (χ3n) is 5.67. The quantitative estimate of drug-likeness (QED) is 0.0501. The number of rotatable bonds is 17. The second-order valence-electron chi connectivity index (χ2n) is 9.12. The first-order valence-corrected chi connectivity index (χ1v) is 12.4. The zero-order chi connectivity index (χ0) is 30.4. The molecule has 0 aliphatic carbocycles. The molecule has 40 heavy (non-hydrogen) atoms. The minimum absolute atomic E-state index is 0.0169. The fourth-order valence-corrected chi connectivity index (χ4v) is 3.47. The first-order valence-electron chi connectivity index (χ1n) is 12.4. The third kappa shape index (κ3) is 12.4. The second-order valence-corrected chi connectivity index (χ2v) is 9.12. The number of aliphatic carboxylic acids is 1. The molecule has 0 bridgehead atoms. The number of aromatic hydroxyl groups is 1. The Hall–Kier alpha value is -4.44. The van der Waals surface area contributed by atoms with Gasteiger partial charge >= 0.3 is 5.97 Å². The van der Waals surface area contributed by atoms with E-state index in [1.165, 1.54) is 31.2 Å². The minimum Gasteiger partial charge on any atom is -0.508 e. The SMILES string of the molecule is CC(O)C(NC(=O)C(N)CCC(N)=O)C(=O)NC(CCCN=C(N)N)C(=O)NC(Cc1ccc(O)cc1)C(=O)O. The lowest BCUT2D eigenvalue weighted by Gasteiger charge is -2.26. The second kappa shape index (κ2) is 16.5. The molecule has 14 N–H and O–H groups in total. The molecule has 5 atom stereocenters. The maximum atomic E-state index is 13.1. The molecule has 0 aromatic heterocycles. The van der Waals surface area contributed by atoms with Gasteiger partial charge in [0.15, 0.2) is 5.96 Å². The highest BCUT2D eigenvalue weighted by Gasteiger charge is 2.32. The summed E-state index contributed by atoms with van der Waals surface area (Å²) >= 11 is 0. The van der Waals surface area contributed by atoms with Crippen LogP contribution < -0.4 is 38.9 Å². The highest BCUT2D eigenvalue weighted by atomic mass is 16.4. The number of hydrogen-bond acceptors (Lipinski definition) is 9. The number of hydrogen-bond donors (Lipinski definition) is 10. The van der Waals surface area contributed by atoms with Crippen LogP contribution in [0.15, 0.2) is 29.3 Å². The van der Waals surface area contributed by atoms with Gasteiger partial charge in [0.05, 0.1) is 12.1 Å². The molecular formula is C24H38N8O8. The van der Waals surface area contributed by atoms with Crippen molar-refractivity contribution in [2.75, 3.05) is 6.54 Å². The molecule has 16 nitrogen and oxygen atoms in total. The molecule has 0 saturated heterocycles. The Morgan fingerprint density at radius 1 is 0.900 bits per heavy atom. The van der Waals surface area contributed by atoms with E-state index in [1.807, 2.05) is 0 Å². The number of carboxylic acids is 1. The van der Waals surface area contributed by atoms with E-state index >= 15 is 0 Å². The molecule has 0 aliphatic rings. The Bertz CT molecular complexity index is 1060. The maximum Gasteiger partial charge on any atom is 0.326 e. The zero-order valence-corrected chi connectivity index (χ0v) is 22.1. The van der Waals surface area contributed by atoms with Crippen LogP contribution in [0.2, 0.25) is 0 Å². The van der Waals surface area contributed by atoms with E-state index in [1.54, 1.807) is 0 Å². The highest BCUT2D eigenvalue weighted by Crippen LogP contribution is 2.12. The molecule has 0 fully saturated rings. The number of aliphatic hydroxyl groups excluding tert-OH is 1. The number of benzene rings is 1. The lowest BCUT2D eigenvalue weighted by Crippen LogP contribution is -2.59. The first-order chi connectivity index (χ1) is 18.7. The van der Waals surface area contributed by atoms with Gasteiger partial charge in [-0.15, -0.1) is 0 Å². The van der Waals surface area contributed by atoms with Crippen molar-refractivity contribution < 1.29 is 39.3 Å². The molecule has 222 valence electrons. The number of nitrogens with one attached hydrogen (secondary N) is 3. The van der Waals surface area contributed by atoms with Crippen LogP contribution in [0.4, 0.5) is 0 Å². The van der Waals surface area contributed by atoms with Crippen LogP contribution in [0.5, 0.6) is 5.75 Å². The van der Waals surface area contributed by atoms with Gasteiger partial charge in [-0.1, -0.05) is 12.1 Å². The summed E-state index contributed by atoms with van der Waals surface area (Å²) in [4.78, 5) is 65.1. The van der Waals surface area contributed by atoms with Crippen LogP contribution in [0.3, 0.4) is 0 Å². The van der Waals surface area contributed by atoms with Crippen molar-refractivity contribution in [1.82, 2.24) is 16.0 Å². The average Bonchev–Trinajstić information content (AvgIpc) is 2.87. The predicted octanol–water partition coefficient (Wildman–Crippen LogP) is -3.50. The van der Waals surface area contributed by atoms with Gasteiger partial charge in [0.2, 0.25) is 23.6 Å². The molecule has 0 heterocycles. The van der Waals surface area contributed by atoms with Crippen molar-refractivity contribution in [3.8, 4) is 5.75 Å². The van der Waals surface area contributed by atoms with E-state index in [0.29, 0.717) is 5.56 Å². The van der Waals surface area contributed by atoms with Gasteiger partial charge in [0, 0.05) is 19.4 Å². The summed E-state index contributed by atoms with van der Waals surface area (Å²) in [5.74, 6) is -4.85. The minimum atomic E-state index is -1.53. The summed E-state index contributed by atoms with van der Waals surface area (Å²) in [5, 5.41) is 36.3. The topological polar surface area (TPSA) is 299 Å². The first kappa shape index (κ1) is 33.6. The fraction of sp³-hybridized carbons (Fsp3) is 0.500.